The van der Waals surface area contributed by atoms with Gasteiger partial charge in [-0.3, -0.25) is 14.7 Å². The van der Waals surface area contributed by atoms with Gasteiger partial charge in [0.25, 0.3) is 0 Å². The third-order valence-corrected chi connectivity index (χ3v) is 5.47. The Morgan fingerprint density at radius 2 is 1.77 bits per heavy atom. The summed E-state index contributed by atoms with van der Waals surface area (Å²) in [6.07, 6.45) is 3.55. The highest BCUT2D eigenvalue weighted by molar-refractivity contribution is 7.99. The molecule has 6 nitrogen and oxygen atoms in total. The number of carbonyl (C=O) groups excluding carboxylic acids is 2. The number of H-pyrrole nitrogens is 1. The molecule has 1 heterocycles. The molecule has 0 bridgehead atoms. The Kier molecular flexibility index (Phi) is 7.79. The maximum absolute atomic E-state index is 12.5. The lowest BCUT2D eigenvalue weighted by atomic mass is 10.1. The van der Waals surface area contributed by atoms with Gasteiger partial charge in [0.1, 0.15) is 0 Å². The summed E-state index contributed by atoms with van der Waals surface area (Å²) in [6.45, 7) is 4.14. The highest BCUT2D eigenvalue weighted by Crippen LogP contribution is 2.21. The minimum absolute atomic E-state index is 0.00655. The maximum atomic E-state index is 12.5. The Labute approximate surface area is 180 Å². The van der Waals surface area contributed by atoms with Crippen LogP contribution in [0.1, 0.15) is 48.5 Å². The van der Waals surface area contributed by atoms with E-state index in [1.54, 1.807) is 24.3 Å². The van der Waals surface area contributed by atoms with Crippen LogP contribution in [0.4, 0.5) is 5.69 Å². The first-order chi connectivity index (χ1) is 14.5. The molecule has 30 heavy (non-hydrogen) atoms. The van der Waals surface area contributed by atoms with Crippen LogP contribution < -0.4 is 5.32 Å². The van der Waals surface area contributed by atoms with E-state index in [1.165, 1.54) is 17.3 Å². The molecule has 3 aromatic rings. The zero-order chi connectivity index (χ0) is 21.3. The Balaban J connectivity index is 1.50. The predicted octanol–water partition coefficient (Wildman–Crippen LogP) is 5.27. The number of Topliss-reactive ketones (excluding diaryl/α,β-unsaturated/α-hetero) is 1. The number of ketones is 1. The van der Waals surface area contributed by atoms with Crippen LogP contribution in [-0.4, -0.2) is 32.6 Å². The third-order valence-electron chi connectivity index (χ3n) is 4.62. The van der Waals surface area contributed by atoms with Gasteiger partial charge in [0.15, 0.2) is 11.6 Å². The number of nitrogens with zero attached hydrogens (tertiary/aromatic N) is 2. The van der Waals surface area contributed by atoms with Crippen molar-refractivity contribution in [3.63, 3.8) is 0 Å². The van der Waals surface area contributed by atoms with Crippen LogP contribution >= 0.6 is 11.8 Å². The molecular weight excluding hydrogens is 396 g/mol. The number of aromatic amines is 1. The van der Waals surface area contributed by atoms with Crippen molar-refractivity contribution in [2.45, 2.75) is 44.7 Å². The number of aromatic nitrogens is 3. The first-order valence-corrected chi connectivity index (χ1v) is 11.1. The van der Waals surface area contributed by atoms with Crippen molar-refractivity contribution in [3.8, 4) is 11.4 Å². The molecule has 0 atom stereocenters. The van der Waals surface area contributed by atoms with Crippen LogP contribution in [0.5, 0.6) is 0 Å². The summed E-state index contributed by atoms with van der Waals surface area (Å²) < 4.78 is 0. The molecule has 0 spiro atoms. The van der Waals surface area contributed by atoms with Gasteiger partial charge in [0, 0.05) is 23.2 Å². The molecule has 0 unspecified atom stereocenters. The predicted molar refractivity (Wildman–Crippen MR) is 121 cm³/mol. The number of amides is 1. The fraction of sp³-hybridized carbons (Fsp3) is 0.304. The maximum Gasteiger partial charge on any atom is 0.224 e. The fourth-order valence-electron chi connectivity index (χ4n) is 2.86. The molecule has 1 amide bonds. The van der Waals surface area contributed by atoms with E-state index in [0.717, 1.165) is 24.8 Å². The van der Waals surface area contributed by atoms with Gasteiger partial charge in [-0.2, -0.15) is 0 Å². The van der Waals surface area contributed by atoms with E-state index in [1.807, 2.05) is 31.2 Å². The number of nitrogens with one attached hydrogen (secondary N) is 2. The molecule has 156 valence electrons. The number of anilines is 1. The zero-order valence-corrected chi connectivity index (χ0v) is 18.1. The van der Waals surface area contributed by atoms with Crippen molar-refractivity contribution in [2.24, 2.45) is 0 Å². The summed E-state index contributed by atoms with van der Waals surface area (Å²) in [5.41, 5.74) is 3.44. The number of aryl methyl sites for hydroxylation is 1. The molecule has 0 aliphatic heterocycles. The summed E-state index contributed by atoms with van der Waals surface area (Å²) in [6, 6.07) is 15.0. The monoisotopic (exact) mass is 422 g/mol. The molecule has 0 saturated heterocycles. The standard InChI is InChI=1S/C23H26N4O2S/c1-3-4-5-6-21(29)24-19-13-11-17(12-14-19)20(28)15-30-23-25-22(26-27-23)18-9-7-16(2)8-10-18/h7-14H,3-6,15H2,1-2H3,(H,24,29)(H,25,26,27). The number of rotatable bonds is 10. The average Bonchev–Trinajstić information content (AvgIpc) is 3.22. The summed E-state index contributed by atoms with van der Waals surface area (Å²) in [5, 5.41) is 10.5. The summed E-state index contributed by atoms with van der Waals surface area (Å²) in [5.74, 6) is 0.923. The number of hydrogen-bond acceptors (Lipinski definition) is 5. The highest BCUT2D eigenvalue weighted by Gasteiger charge is 2.11. The van der Waals surface area contributed by atoms with Gasteiger partial charge in [-0.1, -0.05) is 61.4 Å². The Hall–Kier alpha value is -2.93. The molecule has 0 radical (unpaired) electrons. The minimum atomic E-state index is -0.0116. The van der Waals surface area contributed by atoms with E-state index in [-0.39, 0.29) is 17.4 Å². The van der Waals surface area contributed by atoms with Gasteiger partial charge in [-0.25, -0.2) is 4.98 Å². The van der Waals surface area contributed by atoms with Crippen molar-refractivity contribution < 1.29 is 9.59 Å². The van der Waals surface area contributed by atoms with E-state index in [9.17, 15) is 9.59 Å². The topological polar surface area (TPSA) is 87.7 Å². The third kappa shape index (κ3) is 6.29. The number of benzene rings is 2. The SMILES string of the molecule is CCCCCC(=O)Nc1ccc(C(=O)CSc2n[nH]c(-c3ccc(C)cc3)n2)cc1. The second kappa shape index (κ2) is 10.7. The van der Waals surface area contributed by atoms with Crippen LogP contribution in [0, 0.1) is 6.92 Å². The summed E-state index contributed by atoms with van der Waals surface area (Å²) in [4.78, 5) is 28.8. The molecule has 3 rings (SSSR count). The van der Waals surface area contributed by atoms with Crippen LogP contribution in [0.2, 0.25) is 0 Å². The Morgan fingerprint density at radius 3 is 2.47 bits per heavy atom. The van der Waals surface area contributed by atoms with Crippen molar-refractivity contribution in [2.75, 3.05) is 11.1 Å². The largest absolute Gasteiger partial charge is 0.326 e. The molecule has 0 aliphatic rings. The molecular formula is C23H26N4O2S. The summed E-state index contributed by atoms with van der Waals surface area (Å²) in [7, 11) is 0. The molecule has 0 fully saturated rings. The van der Waals surface area contributed by atoms with E-state index >= 15 is 0 Å². The quantitative estimate of drug-likeness (QED) is 0.264. The Morgan fingerprint density at radius 1 is 1.03 bits per heavy atom. The first kappa shape index (κ1) is 21.8. The van der Waals surface area contributed by atoms with Crippen LogP contribution in [0.15, 0.2) is 53.7 Å². The van der Waals surface area contributed by atoms with Crippen molar-refractivity contribution >= 4 is 29.1 Å². The lowest BCUT2D eigenvalue weighted by molar-refractivity contribution is -0.116. The van der Waals surface area contributed by atoms with E-state index < -0.39 is 0 Å². The smallest absolute Gasteiger partial charge is 0.224 e. The molecule has 7 heteroatoms. The minimum Gasteiger partial charge on any atom is -0.326 e. The fourth-order valence-corrected chi connectivity index (χ4v) is 3.56. The van der Waals surface area contributed by atoms with Gasteiger partial charge in [0.05, 0.1) is 5.75 Å². The first-order valence-electron chi connectivity index (χ1n) is 10.1. The van der Waals surface area contributed by atoms with E-state index in [4.69, 9.17) is 0 Å². The van der Waals surface area contributed by atoms with Crippen LogP contribution in [-0.2, 0) is 4.79 Å². The average molecular weight is 423 g/mol. The molecule has 2 aromatic carbocycles. The van der Waals surface area contributed by atoms with Gasteiger partial charge >= 0.3 is 0 Å². The highest BCUT2D eigenvalue weighted by atomic mass is 32.2. The molecule has 0 saturated carbocycles. The van der Waals surface area contributed by atoms with Crippen molar-refractivity contribution in [1.82, 2.24) is 15.2 Å². The van der Waals surface area contributed by atoms with Gasteiger partial charge < -0.3 is 5.32 Å². The van der Waals surface area contributed by atoms with Crippen LogP contribution in [0.3, 0.4) is 0 Å². The normalized spacial score (nSPS) is 10.7. The van der Waals surface area contributed by atoms with E-state index in [2.05, 4.69) is 27.4 Å². The molecule has 2 N–H and O–H groups in total. The lowest BCUT2D eigenvalue weighted by Gasteiger charge is -2.06. The number of hydrogen-bond donors (Lipinski definition) is 2. The second-order valence-electron chi connectivity index (χ2n) is 7.13. The van der Waals surface area contributed by atoms with Crippen molar-refractivity contribution in [1.29, 1.82) is 0 Å². The zero-order valence-electron chi connectivity index (χ0n) is 17.3. The van der Waals surface area contributed by atoms with Crippen LogP contribution in [0.25, 0.3) is 11.4 Å². The van der Waals surface area contributed by atoms with Crippen molar-refractivity contribution in [3.05, 3.63) is 59.7 Å². The Bertz CT molecular complexity index is 981. The number of carbonyl (C=O) groups is 2. The number of thioether (sulfide) groups is 1. The van der Waals surface area contributed by atoms with Gasteiger partial charge in [0.2, 0.25) is 11.1 Å². The van der Waals surface area contributed by atoms with Gasteiger partial charge in [-0.05, 0) is 37.6 Å². The molecule has 0 aliphatic carbocycles. The van der Waals surface area contributed by atoms with Gasteiger partial charge in [-0.15, -0.1) is 5.10 Å². The second-order valence-corrected chi connectivity index (χ2v) is 8.07. The summed E-state index contributed by atoms with van der Waals surface area (Å²) >= 11 is 1.30. The van der Waals surface area contributed by atoms with E-state index in [0.29, 0.717) is 28.7 Å². The number of unbranched alkanes of at least 4 members (excludes halogenated alkanes) is 2. The molecule has 1 aromatic heterocycles. The lowest BCUT2D eigenvalue weighted by Crippen LogP contribution is -2.11.